The van der Waals surface area contributed by atoms with Crippen LogP contribution in [0.15, 0.2) is 18.2 Å². The van der Waals surface area contributed by atoms with Crippen molar-refractivity contribution in [2.75, 3.05) is 39.5 Å². The van der Waals surface area contributed by atoms with E-state index in [2.05, 4.69) is 28.4 Å². The maximum absolute atomic E-state index is 7.39. The lowest BCUT2D eigenvalue weighted by Crippen LogP contribution is -3.00. The van der Waals surface area contributed by atoms with Crippen LogP contribution in [0.3, 0.4) is 0 Å². The van der Waals surface area contributed by atoms with Crippen LogP contribution >= 0.6 is 0 Å². The molecule has 2 aliphatic rings. The molecular formula is C15H22B84N2O2. The minimum atomic E-state index is -2.01. The van der Waals surface area contributed by atoms with E-state index in [-0.39, 0.29) is 0 Å². The van der Waals surface area contributed by atoms with Gasteiger partial charge >= 0.3 is 0 Å². The van der Waals surface area contributed by atoms with Crippen LogP contribution in [-0.4, -0.2) is 639 Å². The molecular weight excluding hydrogens is 1150 g/mol. The number of nitrogens with zero attached hydrogens (tertiary/aromatic N) is 1. The first-order chi connectivity index (χ1) is 47.6. The van der Waals surface area contributed by atoms with Crippen molar-refractivity contribution < 1.29 is 9.47 Å². The second kappa shape index (κ2) is 49.5. The molecule has 0 saturated carbocycles. The average Bonchev–Trinajstić information content (AvgIpc) is 0.917. The first kappa shape index (κ1) is 103. The molecule has 0 unspecified atom stereocenters. The predicted octanol–water partition coefficient (Wildman–Crippen LogP) is -30.6. The van der Waals surface area contributed by atoms with Crippen LogP contribution in [0.25, 0.3) is 0 Å². The van der Waals surface area contributed by atoms with E-state index >= 15 is 0 Å². The Bertz CT molecular complexity index is 2070. The van der Waals surface area contributed by atoms with E-state index in [9.17, 15) is 0 Å². The monoisotopic (exact) mass is 1190 g/mol. The summed E-state index contributed by atoms with van der Waals surface area (Å²) >= 11 is 0. The highest BCUT2D eigenvalue weighted by atomic mass is 16.5. The van der Waals surface area contributed by atoms with Gasteiger partial charge < -0.3 is 14.8 Å². The molecule has 1 aromatic rings. The van der Waals surface area contributed by atoms with Gasteiger partial charge in [0.1, 0.15) is 5.75 Å². The predicted molar refractivity (Wildman–Crippen MR) is 558 cm³/mol. The van der Waals surface area contributed by atoms with Crippen molar-refractivity contribution in [2.45, 2.75) is 19.5 Å². The number of rotatable bonds is 45. The van der Waals surface area contributed by atoms with Crippen LogP contribution in [0.2, 0.25) is 0 Å². The molecule has 1 fully saturated rings. The zero-order valence-electron chi connectivity index (χ0n) is 59.9. The fourth-order valence-electron chi connectivity index (χ4n) is 17.6. The summed E-state index contributed by atoms with van der Waals surface area (Å²) in [5, 5.41) is 3.37. The lowest BCUT2D eigenvalue weighted by Gasteiger charge is -2.62. The second-order valence-corrected chi connectivity index (χ2v) is 28.8. The number of fused-ring (bicyclic) bond motifs is 1. The van der Waals surface area contributed by atoms with E-state index in [0.29, 0.717) is 0 Å². The van der Waals surface area contributed by atoms with Crippen LogP contribution in [-0.2, 0) is 17.8 Å². The summed E-state index contributed by atoms with van der Waals surface area (Å²) in [5.41, 5.74) is 2.72. The molecule has 0 atom stereocenters. The maximum atomic E-state index is 7.39. The van der Waals surface area contributed by atoms with E-state index in [1.54, 1.807) is 0 Å². The van der Waals surface area contributed by atoms with E-state index in [4.69, 9.17) is 342 Å². The van der Waals surface area contributed by atoms with Crippen molar-refractivity contribution in [1.29, 1.82) is 0 Å². The highest BCUT2D eigenvalue weighted by Gasteiger charge is 2.66. The summed E-state index contributed by atoms with van der Waals surface area (Å²) in [6.07, 6.45) is -69.7. The van der Waals surface area contributed by atoms with Crippen LogP contribution in [0.5, 0.6) is 5.75 Å². The van der Waals surface area contributed by atoms with Gasteiger partial charge in [-0.1, -0.05) is 12.1 Å². The average molecular weight is 1170 g/mol. The Balaban J connectivity index is 0.00000160. The smallest absolute Gasteiger partial charge is 0.124 e. The Morgan fingerprint density at radius 1 is 0.282 bits per heavy atom. The van der Waals surface area contributed by atoms with Gasteiger partial charge in [0, 0.05) is 633 Å². The lowest BCUT2D eigenvalue weighted by molar-refractivity contribution is 0.0358. The van der Waals surface area contributed by atoms with Crippen molar-refractivity contribution >= 4 is 594 Å². The highest BCUT2D eigenvalue weighted by Crippen LogP contribution is 2.30. The van der Waals surface area contributed by atoms with Crippen molar-refractivity contribution in [3.8, 4) is 5.75 Å². The molecule has 2 heterocycles. The van der Waals surface area contributed by atoms with Crippen molar-refractivity contribution in [2.24, 2.45) is 0 Å². The SMILES string of the molecule is [B]B([B])B([B])B(B(B([B])[B])B([B])[B])B(B(B([B])[B])B([B])[B])B(B(B(B(B([B])[B])B([B])[B])B(B([B])[B])B([B])[B])B(B(B([B])[B])B([B])[B])B(B([B])[B])B([B])[B])B(B(B(B([B])[B])B([B])[B])B(B([B])[B])B([B])[B])B(B(B([B])[B])B([B])[B])B(B([B])[B])B([B])[B].c1cc2c(c(OCCCN3CCOCC3)c1)CNC2. The largest absolute Gasteiger partial charge is 0.493 e. The molecule has 1 N–H and O–H groups in total. The van der Waals surface area contributed by atoms with E-state index in [1.807, 2.05) is 0 Å². The summed E-state index contributed by atoms with van der Waals surface area (Å²) in [4.78, 5) is 2.45. The minimum absolute atomic E-state index is 0.799. The Kier molecular flexibility index (Phi) is 49.8. The summed E-state index contributed by atoms with van der Waals surface area (Å²) in [7, 11) is 297. The van der Waals surface area contributed by atoms with Gasteiger partial charge in [-0.2, -0.15) is 0 Å². The molecule has 0 spiro atoms. The van der Waals surface area contributed by atoms with Gasteiger partial charge in [-0.05, 0) is 18.1 Å². The van der Waals surface area contributed by atoms with Crippen LogP contribution in [0.4, 0.5) is 0 Å². The number of nitrogens with one attached hydrogen (secondary N) is 1. The maximum Gasteiger partial charge on any atom is 0.124 e. The molecule has 2 aliphatic heterocycles. The number of ether oxygens (including phenoxy) is 2. The quantitative estimate of drug-likeness (QED) is 0.0521. The van der Waals surface area contributed by atoms with Crippen molar-refractivity contribution in [3.63, 3.8) is 0 Å². The van der Waals surface area contributed by atoms with Crippen LogP contribution in [0, 0.1) is 0 Å². The molecule has 3 rings (SSSR count). The topological polar surface area (TPSA) is 33.7 Å². The van der Waals surface area contributed by atoms with E-state index in [0.717, 1.165) is 64.7 Å². The van der Waals surface area contributed by atoms with Crippen molar-refractivity contribution in [3.05, 3.63) is 29.3 Å². The summed E-state index contributed by atoms with van der Waals surface area (Å²) in [6, 6.07) is 6.35. The molecule has 88 heteroatoms. The number of hydrogen-bond acceptors (Lipinski definition) is 4. The Labute approximate surface area is 701 Å². The van der Waals surface area contributed by atoms with E-state index < -0.39 is 262 Å². The molecule has 0 amide bonds. The Morgan fingerprint density at radius 2 is 0.505 bits per heavy atom. The highest BCUT2D eigenvalue weighted by molar-refractivity contribution is 8.42. The van der Waals surface area contributed by atoms with Gasteiger partial charge in [0.25, 0.3) is 0 Å². The zero-order valence-corrected chi connectivity index (χ0v) is 59.9. The van der Waals surface area contributed by atoms with Gasteiger partial charge in [0.05, 0.1) is 19.8 Å². The summed E-state index contributed by atoms with van der Waals surface area (Å²) in [6.45, 7) is 7.69. The molecule has 356 valence electrons. The fourth-order valence-corrected chi connectivity index (χ4v) is 17.6. The number of morpholine rings is 1. The molecule has 1 saturated heterocycles. The Morgan fingerprint density at radius 3 is 0.738 bits per heavy atom. The molecule has 103 heavy (non-hydrogen) atoms. The molecule has 0 bridgehead atoms. The van der Waals surface area contributed by atoms with Crippen LogP contribution in [0.1, 0.15) is 17.5 Å². The van der Waals surface area contributed by atoms with E-state index in [1.165, 1.54) is 11.1 Å². The van der Waals surface area contributed by atoms with Gasteiger partial charge in [-0.3, -0.25) is 4.90 Å². The molecule has 86 radical (unpaired) electrons. The van der Waals surface area contributed by atoms with Gasteiger partial charge in [0.15, 0.2) is 0 Å². The first-order valence-corrected chi connectivity index (χ1v) is 34.8. The normalized spacial score (nSPS) is 11.6. The summed E-state index contributed by atoms with van der Waals surface area (Å²) < 4.78 is 11.3. The lowest BCUT2D eigenvalue weighted by atomic mass is 8.20. The van der Waals surface area contributed by atoms with Crippen molar-refractivity contribution in [1.82, 2.24) is 10.2 Å². The zero-order chi connectivity index (χ0) is 79.6. The second-order valence-electron chi connectivity index (χ2n) is 28.8. The molecule has 0 aromatic heterocycles. The molecule has 0 aliphatic carbocycles. The minimum Gasteiger partial charge on any atom is -0.493 e. The molecule has 4 nitrogen and oxygen atoms in total. The fraction of sp³-hybridized carbons (Fsp3) is 0.600. The van der Waals surface area contributed by atoms with Gasteiger partial charge in [0.2, 0.25) is 0 Å². The Hall–Kier alpha value is 4.35. The van der Waals surface area contributed by atoms with Gasteiger partial charge in [-0.25, -0.2) is 0 Å². The third-order valence-corrected chi connectivity index (χ3v) is 21.6. The van der Waals surface area contributed by atoms with Gasteiger partial charge in [-0.15, -0.1) is 0 Å². The third-order valence-electron chi connectivity index (χ3n) is 21.6. The standard InChI is InChI=1S/C15H22N2O2.B84/c1-3-13-11-16-12-14(13)15(4-1)19-8-2-5-17-6-9-18-10-7-17;1-44(2)65(43)76(66(45(3)4)46(5)6)81(75(63(39)40)64(41)42)84(82(77(67(47(7)8)48(9)10)68(49(11)12)50(13)14)78(69(51(15)16)52(17)18)70(53(19)20)54(21)22)83(79(71(55(23)24)56(25)26)72(57(27)28)58(29)30)80(73(59(31)32)60(33)34)74(61(35)36)62(37)38/h1,3-4,16H,2,5-12H2;. The molecule has 1 aromatic carbocycles. The van der Waals surface area contributed by atoms with Crippen LogP contribution < -0.4 is 10.1 Å². The first-order valence-electron chi connectivity index (χ1n) is 34.8. The number of benzene rings is 1. The summed E-state index contributed by atoms with van der Waals surface area (Å²) in [5.74, 6) is 1.06. The third kappa shape index (κ3) is 29.1. The number of hydrogen-bond donors (Lipinski definition) is 1.